The van der Waals surface area contributed by atoms with E-state index >= 15 is 0 Å². The molecule has 0 saturated heterocycles. The van der Waals surface area contributed by atoms with Gasteiger partial charge in [0.25, 0.3) is 5.56 Å². The van der Waals surface area contributed by atoms with E-state index < -0.39 is 25.4 Å². The standard InChI is InChI=1S/C32H37FN4O4SSi/c1-20-18-35(19-34-20)25-14-9-22(17-26(25)40-6)28-21(2)27-29(38)37(24-12-10-23(33)11-13-24)31(39)36(30(27)42-28)15-16-41-43(7,8)32(3,4)5/h9-14,17-19H,15-16H2,1-8H3. The maximum atomic E-state index is 14.0. The highest BCUT2D eigenvalue weighted by atomic mass is 32.1. The van der Waals surface area contributed by atoms with Crippen LogP contribution in [0.5, 0.6) is 5.75 Å². The molecule has 0 aliphatic carbocycles. The highest BCUT2D eigenvalue weighted by Gasteiger charge is 2.37. The Balaban J connectivity index is 1.68. The number of aromatic nitrogens is 4. The minimum Gasteiger partial charge on any atom is -0.495 e. The fraction of sp³-hybridized carbons (Fsp3) is 0.344. The normalized spacial score (nSPS) is 12.3. The second-order valence-corrected chi connectivity index (χ2v) is 18.0. The number of halogens is 1. The molecule has 0 unspecified atom stereocenters. The molecule has 3 aromatic heterocycles. The molecule has 8 nitrogen and oxygen atoms in total. The lowest BCUT2D eigenvalue weighted by Gasteiger charge is -2.36. The molecule has 0 spiro atoms. The summed E-state index contributed by atoms with van der Waals surface area (Å²) in [5.41, 5.74) is 2.73. The number of benzene rings is 2. The minimum atomic E-state index is -2.08. The van der Waals surface area contributed by atoms with Gasteiger partial charge in [0.05, 0.1) is 49.0 Å². The molecule has 43 heavy (non-hydrogen) atoms. The van der Waals surface area contributed by atoms with Crippen molar-refractivity contribution >= 4 is 29.9 Å². The van der Waals surface area contributed by atoms with Gasteiger partial charge < -0.3 is 13.7 Å². The van der Waals surface area contributed by atoms with Gasteiger partial charge in [0, 0.05) is 11.1 Å². The zero-order valence-corrected chi connectivity index (χ0v) is 27.6. The van der Waals surface area contributed by atoms with E-state index in [0.717, 1.165) is 32.0 Å². The fourth-order valence-electron chi connectivity index (χ4n) is 4.83. The average Bonchev–Trinajstić information content (AvgIpc) is 3.53. The van der Waals surface area contributed by atoms with E-state index in [2.05, 4.69) is 38.8 Å². The Labute approximate surface area is 255 Å². The van der Waals surface area contributed by atoms with Crippen LogP contribution in [0.1, 0.15) is 32.0 Å². The molecule has 0 bridgehead atoms. The van der Waals surface area contributed by atoms with E-state index in [1.54, 1.807) is 18.0 Å². The Morgan fingerprint density at radius 3 is 2.35 bits per heavy atom. The Kier molecular flexibility index (Phi) is 8.10. The van der Waals surface area contributed by atoms with Gasteiger partial charge in [0.1, 0.15) is 16.4 Å². The SMILES string of the molecule is COc1cc(-c2sc3c(c2C)c(=O)n(-c2ccc(F)cc2)c(=O)n3CCO[Si](C)(C)C(C)(C)C)ccc1-n1cnc(C)c1. The van der Waals surface area contributed by atoms with Gasteiger partial charge in [-0.05, 0) is 79.5 Å². The first-order chi connectivity index (χ1) is 20.2. The van der Waals surface area contributed by atoms with Crippen molar-refractivity contribution in [3.8, 4) is 27.6 Å². The summed E-state index contributed by atoms with van der Waals surface area (Å²) in [6.45, 7) is 15.2. The average molecular weight is 621 g/mol. The lowest BCUT2D eigenvalue weighted by atomic mass is 10.1. The molecule has 5 rings (SSSR count). The van der Waals surface area contributed by atoms with Crippen LogP contribution < -0.4 is 16.0 Å². The first-order valence-electron chi connectivity index (χ1n) is 14.1. The van der Waals surface area contributed by atoms with Crippen molar-refractivity contribution in [2.75, 3.05) is 13.7 Å². The number of methoxy groups -OCH3 is 1. The van der Waals surface area contributed by atoms with Crippen LogP contribution in [0.2, 0.25) is 18.1 Å². The van der Waals surface area contributed by atoms with Gasteiger partial charge in [-0.2, -0.15) is 0 Å². The number of imidazole rings is 1. The summed E-state index contributed by atoms with van der Waals surface area (Å²) in [7, 11) is -0.465. The summed E-state index contributed by atoms with van der Waals surface area (Å²) >= 11 is 1.40. The number of rotatable bonds is 8. The van der Waals surface area contributed by atoms with E-state index in [0.29, 0.717) is 28.3 Å². The van der Waals surface area contributed by atoms with Gasteiger partial charge in [-0.15, -0.1) is 11.3 Å². The molecule has 0 aliphatic rings. The summed E-state index contributed by atoms with van der Waals surface area (Å²) in [5, 5.41) is 0.456. The summed E-state index contributed by atoms with van der Waals surface area (Å²) in [4.78, 5) is 33.7. The van der Waals surface area contributed by atoms with Crippen molar-refractivity contribution in [1.29, 1.82) is 0 Å². The highest BCUT2D eigenvalue weighted by Crippen LogP contribution is 2.40. The first-order valence-corrected chi connectivity index (χ1v) is 17.8. The van der Waals surface area contributed by atoms with E-state index in [1.165, 1.54) is 35.6 Å². The topological polar surface area (TPSA) is 80.3 Å². The number of nitrogens with zero attached hydrogens (tertiary/aromatic N) is 4. The Hall–Kier alpha value is -3.80. The number of thiophene rings is 1. The fourth-order valence-corrected chi connectivity index (χ4v) is 7.18. The van der Waals surface area contributed by atoms with Crippen molar-refractivity contribution in [2.24, 2.45) is 0 Å². The molecule has 0 fully saturated rings. The molecule has 0 amide bonds. The van der Waals surface area contributed by atoms with Crippen molar-refractivity contribution < 1.29 is 13.6 Å². The van der Waals surface area contributed by atoms with Gasteiger partial charge in [-0.3, -0.25) is 9.36 Å². The number of fused-ring (bicyclic) bond motifs is 1. The van der Waals surface area contributed by atoms with Gasteiger partial charge >= 0.3 is 5.69 Å². The summed E-state index contributed by atoms with van der Waals surface area (Å²) in [6, 6.07) is 11.3. The third-order valence-corrected chi connectivity index (χ3v) is 14.2. The lowest BCUT2D eigenvalue weighted by Crippen LogP contribution is -2.43. The zero-order valence-electron chi connectivity index (χ0n) is 25.8. The minimum absolute atomic E-state index is 0.00744. The molecular weight excluding hydrogens is 584 g/mol. The molecule has 0 N–H and O–H groups in total. The van der Waals surface area contributed by atoms with Crippen molar-refractivity contribution in [3.05, 3.63) is 92.9 Å². The van der Waals surface area contributed by atoms with Gasteiger partial charge in [0.15, 0.2) is 8.32 Å². The smallest absolute Gasteiger partial charge is 0.336 e. The molecule has 2 aromatic carbocycles. The van der Waals surface area contributed by atoms with Crippen molar-refractivity contribution in [3.63, 3.8) is 0 Å². The first kappa shape index (κ1) is 30.6. The summed E-state index contributed by atoms with van der Waals surface area (Å²) < 4.78 is 30.6. The molecule has 0 atom stereocenters. The predicted octanol–water partition coefficient (Wildman–Crippen LogP) is 6.85. The number of hydrogen-bond acceptors (Lipinski definition) is 6. The maximum Gasteiger partial charge on any atom is 0.336 e. The second kappa shape index (κ2) is 11.4. The molecule has 0 radical (unpaired) electrons. The third-order valence-electron chi connectivity index (χ3n) is 8.31. The Bertz CT molecular complexity index is 1930. The van der Waals surface area contributed by atoms with Crippen molar-refractivity contribution in [1.82, 2.24) is 18.7 Å². The van der Waals surface area contributed by atoms with Crippen LogP contribution in [-0.2, 0) is 11.0 Å². The molecule has 226 valence electrons. The lowest BCUT2D eigenvalue weighted by molar-refractivity contribution is 0.271. The van der Waals surface area contributed by atoms with E-state index in [4.69, 9.17) is 9.16 Å². The third kappa shape index (κ3) is 5.64. The van der Waals surface area contributed by atoms with Crippen LogP contribution in [-0.4, -0.2) is 40.7 Å². The van der Waals surface area contributed by atoms with Crippen LogP contribution in [0.25, 0.3) is 32.0 Å². The van der Waals surface area contributed by atoms with Crippen LogP contribution in [0.4, 0.5) is 4.39 Å². The predicted molar refractivity (Wildman–Crippen MR) is 173 cm³/mol. The zero-order chi connectivity index (χ0) is 31.3. The Morgan fingerprint density at radius 2 is 1.74 bits per heavy atom. The maximum absolute atomic E-state index is 14.0. The van der Waals surface area contributed by atoms with E-state index in [-0.39, 0.29) is 11.6 Å². The van der Waals surface area contributed by atoms with Crippen LogP contribution in [0.15, 0.2) is 64.6 Å². The monoisotopic (exact) mass is 620 g/mol. The Morgan fingerprint density at radius 1 is 1.05 bits per heavy atom. The molecule has 11 heteroatoms. The summed E-state index contributed by atoms with van der Waals surface area (Å²) in [6.07, 6.45) is 3.66. The highest BCUT2D eigenvalue weighted by molar-refractivity contribution is 7.22. The summed E-state index contributed by atoms with van der Waals surface area (Å²) in [5.74, 6) is 0.203. The van der Waals surface area contributed by atoms with Crippen molar-refractivity contribution in [2.45, 2.75) is 59.3 Å². The quantitative estimate of drug-likeness (QED) is 0.177. The van der Waals surface area contributed by atoms with Crippen LogP contribution in [0.3, 0.4) is 0 Å². The molecule has 3 heterocycles. The molecular formula is C32H37FN4O4SSi. The van der Waals surface area contributed by atoms with Gasteiger partial charge in [-0.1, -0.05) is 26.8 Å². The van der Waals surface area contributed by atoms with E-state index in [9.17, 15) is 14.0 Å². The molecule has 5 aromatic rings. The van der Waals surface area contributed by atoms with Crippen LogP contribution in [0, 0.1) is 19.7 Å². The van der Waals surface area contributed by atoms with Crippen LogP contribution >= 0.6 is 11.3 Å². The molecule has 0 aliphatic heterocycles. The van der Waals surface area contributed by atoms with Gasteiger partial charge in [0.2, 0.25) is 0 Å². The number of hydrogen-bond donors (Lipinski definition) is 0. The second-order valence-electron chi connectivity index (χ2n) is 12.2. The largest absolute Gasteiger partial charge is 0.495 e. The number of ether oxygens (including phenoxy) is 1. The number of aryl methyl sites for hydroxylation is 2. The molecule has 0 saturated carbocycles. The van der Waals surface area contributed by atoms with Gasteiger partial charge in [-0.25, -0.2) is 18.7 Å². The van der Waals surface area contributed by atoms with E-state index in [1.807, 2.05) is 42.8 Å².